The Hall–Kier alpha value is -0.381. The van der Waals surface area contributed by atoms with E-state index in [9.17, 15) is 0 Å². The Morgan fingerprint density at radius 3 is 1.35 bits per heavy atom. The van der Waals surface area contributed by atoms with Gasteiger partial charge < -0.3 is 0 Å². The molecule has 0 atom stereocenters. The summed E-state index contributed by atoms with van der Waals surface area (Å²) in [7, 11) is 0. The topological polar surface area (TPSA) is 52.0 Å². The molecule has 0 aliphatic carbocycles. The fourth-order valence-corrected chi connectivity index (χ4v) is 14.1. The Kier molecular flexibility index (Phi) is 5.27. The molecule has 0 amide bonds. The molecule has 0 aromatic heterocycles. The van der Waals surface area contributed by atoms with Crippen LogP contribution in [0, 0.1) is 27.7 Å². The predicted octanol–water partition coefficient (Wildman–Crippen LogP) is 1.36. The number of nitrogen functional groups attached to an aromatic ring is 2. The van der Waals surface area contributed by atoms with E-state index in [0.717, 1.165) is 11.4 Å². The van der Waals surface area contributed by atoms with Gasteiger partial charge in [0.15, 0.2) is 0 Å². The average Bonchev–Trinajstić information content (AvgIpc) is 2.37. The Bertz CT molecular complexity index is 594. The Morgan fingerprint density at radius 2 is 1.00 bits per heavy atom. The van der Waals surface area contributed by atoms with Crippen molar-refractivity contribution in [3.63, 3.8) is 0 Å². The van der Waals surface area contributed by atoms with Crippen LogP contribution in [0.25, 0.3) is 0 Å². The number of hydrogen-bond donors (Lipinski definition) is 2. The van der Waals surface area contributed by atoms with Gasteiger partial charge in [-0.2, -0.15) is 0 Å². The van der Waals surface area contributed by atoms with E-state index >= 15 is 0 Å². The van der Waals surface area contributed by atoms with E-state index in [4.69, 9.17) is 11.5 Å². The van der Waals surface area contributed by atoms with Crippen LogP contribution in [-0.4, -0.2) is 34.1 Å². The van der Waals surface area contributed by atoms with Crippen molar-refractivity contribution in [2.75, 3.05) is 11.5 Å². The number of hydrogen-bond acceptors (Lipinski definition) is 2. The Labute approximate surface area is 137 Å². The van der Waals surface area contributed by atoms with E-state index in [1.54, 1.807) is 0 Å². The molecule has 0 saturated carbocycles. The molecule has 0 aliphatic heterocycles. The molecule has 106 valence electrons. The molecule has 0 bridgehead atoms. The first-order chi connectivity index (χ1) is 9.38. The summed E-state index contributed by atoms with van der Waals surface area (Å²) in [6, 6.07) is 8.87. The van der Waals surface area contributed by atoms with Gasteiger partial charge in [-0.1, -0.05) is 0 Å². The first-order valence-electron chi connectivity index (χ1n) is 6.46. The van der Waals surface area contributed by atoms with Gasteiger partial charge in [0, 0.05) is 0 Å². The predicted molar refractivity (Wildman–Crippen MR) is 91.4 cm³/mol. The molecule has 0 aliphatic rings. The minimum absolute atomic E-state index is 0.222. The molecule has 2 rings (SSSR count). The molecular weight excluding hydrogens is 475 g/mol. The summed E-state index contributed by atoms with van der Waals surface area (Å²) in [4.78, 5) is 0. The normalized spacial score (nSPS) is 10.8. The molecule has 0 spiro atoms. The van der Waals surface area contributed by atoms with Gasteiger partial charge >= 0.3 is 138 Å². The van der Waals surface area contributed by atoms with Crippen LogP contribution in [0.2, 0.25) is 0 Å². The molecule has 20 heavy (non-hydrogen) atoms. The number of nitrogens with two attached hydrogens (primary N) is 2. The number of aryl methyl sites for hydroxylation is 4. The number of anilines is 2. The van der Waals surface area contributed by atoms with Gasteiger partial charge in [0.2, 0.25) is 0 Å². The van der Waals surface area contributed by atoms with Crippen LogP contribution in [0.5, 0.6) is 0 Å². The minimum atomic E-state index is -0.222. The maximum absolute atomic E-state index is 6.24. The van der Waals surface area contributed by atoms with Crippen LogP contribution in [0.3, 0.4) is 0 Å². The number of benzene rings is 2. The number of rotatable bonds is 3. The van der Waals surface area contributed by atoms with Gasteiger partial charge in [-0.15, -0.1) is 0 Å². The molecule has 0 saturated heterocycles. The molecule has 4 N–H and O–H groups in total. The molecule has 2 nitrogen and oxygen atoms in total. The van der Waals surface area contributed by atoms with Crippen molar-refractivity contribution in [2.45, 2.75) is 27.7 Å². The maximum atomic E-state index is 6.24. The van der Waals surface area contributed by atoms with Crippen LogP contribution in [0.1, 0.15) is 22.3 Å². The summed E-state index contributed by atoms with van der Waals surface area (Å²) in [5.41, 5.74) is 19.5. The zero-order valence-corrected chi connectivity index (χ0v) is 16.9. The van der Waals surface area contributed by atoms with E-state index in [0.29, 0.717) is 0 Å². The van der Waals surface area contributed by atoms with Gasteiger partial charge in [-0.25, -0.2) is 0 Å². The van der Waals surface area contributed by atoms with Crippen molar-refractivity contribution in [3.8, 4) is 0 Å². The summed E-state index contributed by atoms with van der Waals surface area (Å²) in [6.45, 7) is 8.50. The van der Waals surface area contributed by atoms with Crippen LogP contribution in [0.15, 0.2) is 24.3 Å². The van der Waals surface area contributed by atoms with Crippen molar-refractivity contribution in [1.29, 1.82) is 0 Å². The zero-order valence-electron chi connectivity index (χ0n) is 12.3. The second-order valence-electron chi connectivity index (χ2n) is 5.15. The third-order valence-corrected chi connectivity index (χ3v) is 14.9. The van der Waals surface area contributed by atoms with Crippen molar-refractivity contribution in [2.24, 2.45) is 0 Å². The SMILES string of the molecule is Cc1cc(C)c(N)c([Te][Te]c2cc(C)cc(C)c2N)c1. The van der Waals surface area contributed by atoms with Crippen molar-refractivity contribution >= 4 is 52.7 Å². The van der Waals surface area contributed by atoms with E-state index in [1.807, 2.05) is 0 Å². The quantitative estimate of drug-likeness (QED) is 0.499. The molecule has 4 heteroatoms. The fourth-order valence-electron chi connectivity index (χ4n) is 2.11. The summed E-state index contributed by atoms with van der Waals surface area (Å²) in [5, 5.41) is 0. The molecule has 0 fully saturated rings. The van der Waals surface area contributed by atoms with E-state index in [-0.39, 0.29) is 34.1 Å². The molecule has 0 unspecified atom stereocenters. The average molecular weight is 496 g/mol. The summed E-state index contributed by atoms with van der Waals surface area (Å²) >= 11 is -0.444. The Morgan fingerprint density at radius 1 is 0.650 bits per heavy atom. The van der Waals surface area contributed by atoms with Crippen molar-refractivity contribution in [3.05, 3.63) is 46.5 Å². The third kappa shape index (κ3) is 3.63. The van der Waals surface area contributed by atoms with Crippen molar-refractivity contribution < 1.29 is 0 Å². The fraction of sp³-hybridized carbons (Fsp3) is 0.250. The van der Waals surface area contributed by atoms with Crippen molar-refractivity contribution in [1.82, 2.24) is 0 Å². The van der Waals surface area contributed by atoms with Crippen LogP contribution >= 0.6 is 0 Å². The molecule has 0 heterocycles. The van der Waals surface area contributed by atoms with E-state index in [1.165, 1.54) is 29.5 Å². The van der Waals surface area contributed by atoms with E-state index in [2.05, 4.69) is 52.0 Å². The van der Waals surface area contributed by atoms with Gasteiger partial charge in [0.05, 0.1) is 0 Å². The van der Waals surface area contributed by atoms with Gasteiger partial charge in [0.25, 0.3) is 0 Å². The van der Waals surface area contributed by atoms with Gasteiger partial charge in [-0.05, 0) is 0 Å². The monoisotopic (exact) mass is 500 g/mol. The first-order valence-corrected chi connectivity index (χ1v) is 16.1. The molecule has 0 radical (unpaired) electrons. The second-order valence-corrected chi connectivity index (χ2v) is 15.0. The van der Waals surface area contributed by atoms with Gasteiger partial charge in [0.1, 0.15) is 0 Å². The van der Waals surface area contributed by atoms with Crippen LogP contribution in [0.4, 0.5) is 11.4 Å². The van der Waals surface area contributed by atoms with Gasteiger partial charge in [-0.3, -0.25) is 0 Å². The van der Waals surface area contributed by atoms with Crippen LogP contribution < -0.4 is 18.7 Å². The molecule has 2 aromatic carbocycles. The third-order valence-electron chi connectivity index (χ3n) is 3.21. The van der Waals surface area contributed by atoms with E-state index < -0.39 is 0 Å². The standard InChI is InChI=1S/C16H20N2Te2/c1-9-5-11(3)15(17)13(7-9)19-20-14-8-10(2)6-12(4)16(14)18/h5-8H,17-18H2,1-4H3. The first kappa shape index (κ1) is 16.0. The summed E-state index contributed by atoms with van der Waals surface area (Å²) in [6.07, 6.45) is 0. The second kappa shape index (κ2) is 6.59. The summed E-state index contributed by atoms with van der Waals surface area (Å²) < 4.78 is 2.82. The zero-order chi connectivity index (χ0) is 14.9. The summed E-state index contributed by atoms with van der Waals surface area (Å²) in [5.74, 6) is 0. The Balaban J connectivity index is 2.26. The van der Waals surface area contributed by atoms with Crippen LogP contribution in [-0.2, 0) is 0 Å². The molecule has 2 aromatic rings. The molecular formula is C16H20N2Te2.